The van der Waals surface area contributed by atoms with Gasteiger partial charge in [-0.25, -0.2) is 8.42 Å². The van der Waals surface area contributed by atoms with Crippen LogP contribution in [0.1, 0.15) is 29.6 Å². The summed E-state index contributed by atoms with van der Waals surface area (Å²) in [6.07, 6.45) is 3.19. The highest BCUT2D eigenvalue weighted by atomic mass is 35.5. The molecule has 138 valence electrons. The molecule has 0 saturated carbocycles. The lowest BCUT2D eigenvalue weighted by Crippen LogP contribution is -2.35. The van der Waals surface area contributed by atoms with Crippen molar-refractivity contribution in [3.05, 3.63) is 58.1 Å². The zero-order valence-corrected chi connectivity index (χ0v) is 16.2. The molecule has 0 aliphatic carbocycles. The third-order valence-corrected chi connectivity index (χ3v) is 6.31. The SMILES string of the molecule is O=C(c1ccc(NS(=O)(=O)c2cc(Cl)ccc2Cl)cc1)N1CCCCC1. The summed E-state index contributed by atoms with van der Waals surface area (Å²) >= 11 is 11.8. The topological polar surface area (TPSA) is 66.5 Å². The molecule has 0 spiro atoms. The summed E-state index contributed by atoms with van der Waals surface area (Å²) in [7, 11) is -3.88. The fourth-order valence-corrected chi connectivity index (χ4v) is 4.68. The van der Waals surface area contributed by atoms with Gasteiger partial charge >= 0.3 is 0 Å². The molecule has 3 rings (SSSR count). The number of carbonyl (C=O) groups is 1. The van der Waals surface area contributed by atoms with E-state index >= 15 is 0 Å². The number of sulfonamides is 1. The summed E-state index contributed by atoms with van der Waals surface area (Å²) < 4.78 is 27.5. The van der Waals surface area contributed by atoms with Gasteiger partial charge in [-0.3, -0.25) is 9.52 Å². The van der Waals surface area contributed by atoms with Gasteiger partial charge in [0.2, 0.25) is 0 Å². The molecule has 1 saturated heterocycles. The Kier molecular flexibility index (Phi) is 5.75. The summed E-state index contributed by atoms with van der Waals surface area (Å²) in [5.74, 6) is -0.0306. The van der Waals surface area contributed by atoms with Crippen molar-refractivity contribution >= 4 is 44.8 Å². The average Bonchev–Trinajstić information content (AvgIpc) is 2.64. The predicted molar refractivity (Wildman–Crippen MR) is 103 cm³/mol. The van der Waals surface area contributed by atoms with Crippen molar-refractivity contribution in [2.45, 2.75) is 24.2 Å². The lowest BCUT2D eigenvalue weighted by Gasteiger charge is -2.26. The second kappa shape index (κ2) is 7.86. The molecule has 1 N–H and O–H groups in total. The van der Waals surface area contributed by atoms with Crippen LogP contribution in [-0.2, 0) is 10.0 Å². The van der Waals surface area contributed by atoms with Gasteiger partial charge in [-0.2, -0.15) is 0 Å². The number of hydrogen-bond donors (Lipinski definition) is 1. The Balaban J connectivity index is 1.76. The van der Waals surface area contributed by atoms with E-state index in [1.165, 1.54) is 18.2 Å². The molecule has 1 amide bonds. The van der Waals surface area contributed by atoms with Crippen molar-refractivity contribution < 1.29 is 13.2 Å². The first kappa shape index (κ1) is 19.0. The van der Waals surface area contributed by atoms with Crippen LogP contribution in [0.4, 0.5) is 5.69 Å². The van der Waals surface area contributed by atoms with Crippen LogP contribution in [0.2, 0.25) is 10.0 Å². The van der Waals surface area contributed by atoms with Crippen LogP contribution < -0.4 is 4.72 Å². The van der Waals surface area contributed by atoms with Crippen molar-refractivity contribution in [2.24, 2.45) is 0 Å². The Bertz CT molecular complexity index is 909. The fourth-order valence-electron chi connectivity index (χ4n) is 2.85. The van der Waals surface area contributed by atoms with Crippen LogP contribution in [0.25, 0.3) is 0 Å². The number of amides is 1. The molecule has 1 fully saturated rings. The molecule has 0 aromatic heterocycles. The third-order valence-electron chi connectivity index (χ3n) is 4.21. The van der Waals surface area contributed by atoms with Gasteiger partial charge in [0, 0.05) is 29.4 Å². The molecule has 0 bridgehead atoms. The van der Waals surface area contributed by atoms with Crippen LogP contribution >= 0.6 is 23.2 Å². The van der Waals surface area contributed by atoms with Gasteiger partial charge in [0.1, 0.15) is 4.90 Å². The second-order valence-electron chi connectivity index (χ2n) is 6.11. The average molecular weight is 413 g/mol. The molecular formula is C18H18Cl2N2O3S. The summed E-state index contributed by atoms with van der Waals surface area (Å²) in [6, 6.07) is 10.6. The molecule has 0 unspecified atom stereocenters. The molecule has 8 heteroatoms. The lowest BCUT2D eigenvalue weighted by molar-refractivity contribution is 0.0724. The highest BCUT2D eigenvalue weighted by Gasteiger charge is 2.20. The Labute approximate surface area is 163 Å². The minimum atomic E-state index is -3.88. The summed E-state index contributed by atoms with van der Waals surface area (Å²) in [4.78, 5) is 14.2. The van der Waals surface area contributed by atoms with E-state index in [4.69, 9.17) is 23.2 Å². The minimum Gasteiger partial charge on any atom is -0.339 e. The summed E-state index contributed by atoms with van der Waals surface area (Å²) in [5, 5.41) is 0.357. The zero-order valence-electron chi connectivity index (χ0n) is 13.9. The van der Waals surface area contributed by atoms with E-state index in [1.54, 1.807) is 24.3 Å². The van der Waals surface area contributed by atoms with Crippen LogP contribution in [-0.4, -0.2) is 32.3 Å². The number of anilines is 1. The molecular weight excluding hydrogens is 395 g/mol. The van der Waals surface area contributed by atoms with Gasteiger partial charge in [0.05, 0.1) is 5.02 Å². The highest BCUT2D eigenvalue weighted by Crippen LogP contribution is 2.27. The third kappa shape index (κ3) is 4.31. The van der Waals surface area contributed by atoms with Gasteiger partial charge in [-0.1, -0.05) is 23.2 Å². The first-order chi connectivity index (χ1) is 12.4. The standard InChI is InChI=1S/C18H18Cl2N2O3S/c19-14-6-9-16(20)17(12-14)26(24,25)21-15-7-4-13(5-8-15)18(23)22-10-2-1-3-11-22/h4-9,12,21H,1-3,10-11H2. The predicted octanol–water partition coefficient (Wildman–Crippen LogP) is 4.42. The second-order valence-corrected chi connectivity index (χ2v) is 8.60. The molecule has 2 aromatic rings. The molecule has 1 aliphatic heterocycles. The Hall–Kier alpha value is -1.76. The summed E-state index contributed by atoms with van der Waals surface area (Å²) in [5.41, 5.74) is 0.881. The molecule has 26 heavy (non-hydrogen) atoms. The largest absolute Gasteiger partial charge is 0.339 e. The van der Waals surface area contributed by atoms with E-state index in [9.17, 15) is 13.2 Å². The fraction of sp³-hybridized carbons (Fsp3) is 0.278. The van der Waals surface area contributed by atoms with Crippen molar-refractivity contribution in [1.29, 1.82) is 0 Å². The first-order valence-corrected chi connectivity index (χ1v) is 10.5. The van der Waals surface area contributed by atoms with E-state index in [0.29, 0.717) is 11.3 Å². The first-order valence-electron chi connectivity index (χ1n) is 8.24. The molecule has 1 aliphatic rings. The van der Waals surface area contributed by atoms with Crippen molar-refractivity contribution in [2.75, 3.05) is 17.8 Å². The Morgan fingerprint density at radius 3 is 2.27 bits per heavy atom. The monoisotopic (exact) mass is 412 g/mol. The smallest absolute Gasteiger partial charge is 0.263 e. The van der Waals surface area contributed by atoms with Crippen molar-refractivity contribution in [3.8, 4) is 0 Å². The van der Waals surface area contributed by atoms with Crippen LogP contribution in [0, 0.1) is 0 Å². The van der Waals surface area contributed by atoms with E-state index in [2.05, 4.69) is 4.72 Å². The molecule has 2 aromatic carbocycles. The number of nitrogens with one attached hydrogen (secondary N) is 1. The number of likely N-dealkylation sites (tertiary alicyclic amines) is 1. The van der Waals surface area contributed by atoms with Gasteiger partial charge in [-0.15, -0.1) is 0 Å². The number of nitrogens with zero attached hydrogens (tertiary/aromatic N) is 1. The van der Waals surface area contributed by atoms with Crippen LogP contribution in [0.3, 0.4) is 0 Å². The summed E-state index contributed by atoms with van der Waals surface area (Å²) in [6.45, 7) is 1.53. The maximum Gasteiger partial charge on any atom is 0.263 e. The zero-order chi connectivity index (χ0) is 18.7. The normalized spacial score (nSPS) is 14.9. The molecule has 0 radical (unpaired) electrons. The quantitative estimate of drug-likeness (QED) is 0.807. The van der Waals surface area contributed by atoms with E-state index in [-0.39, 0.29) is 20.8 Å². The number of hydrogen-bond acceptors (Lipinski definition) is 3. The van der Waals surface area contributed by atoms with Gasteiger partial charge in [0.25, 0.3) is 15.9 Å². The number of rotatable bonds is 4. The van der Waals surface area contributed by atoms with Crippen LogP contribution in [0.5, 0.6) is 0 Å². The van der Waals surface area contributed by atoms with E-state index < -0.39 is 10.0 Å². The molecule has 5 nitrogen and oxygen atoms in total. The van der Waals surface area contributed by atoms with Gasteiger partial charge in [-0.05, 0) is 61.7 Å². The van der Waals surface area contributed by atoms with E-state index in [0.717, 1.165) is 32.4 Å². The van der Waals surface area contributed by atoms with Crippen molar-refractivity contribution in [1.82, 2.24) is 4.90 Å². The number of piperidine rings is 1. The Morgan fingerprint density at radius 2 is 1.62 bits per heavy atom. The highest BCUT2D eigenvalue weighted by molar-refractivity contribution is 7.92. The van der Waals surface area contributed by atoms with Crippen molar-refractivity contribution in [3.63, 3.8) is 0 Å². The van der Waals surface area contributed by atoms with Gasteiger partial charge < -0.3 is 4.90 Å². The number of carbonyl (C=O) groups excluding carboxylic acids is 1. The minimum absolute atomic E-state index is 0.0306. The Morgan fingerprint density at radius 1 is 0.962 bits per heavy atom. The van der Waals surface area contributed by atoms with Gasteiger partial charge in [0.15, 0.2) is 0 Å². The number of benzene rings is 2. The maximum atomic E-state index is 12.5. The van der Waals surface area contributed by atoms with Crippen LogP contribution in [0.15, 0.2) is 47.4 Å². The number of halogens is 2. The molecule has 1 heterocycles. The van der Waals surface area contributed by atoms with E-state index in [1.807, 2.05) is 4.90 Å². The lowest BCUT2D eigenvalue weighted by atomic mass is 10.1. The molecule has 0 atom stereocenters. The maximum absolute atomic E-state index is 12.5.